The molecule has 1 atom stereocenters. The fourth-order valence-corrected chi connectivity index (χ4v) is 6.19. The molecule has 49 heavy (non-hydrogen) atoms. The molecule has 1 aliphatic rings. The third-order valence-corrected chi connectivity index (χ3v) is 9.38. The molecule has 0 radical (unpaired) electrons. The van der Waals surface area contributed by atoms with Crippen LogP contribution in [0.25, 0.3) is 0 Å². The van der Waals surface area contributed by atoms with Crippen LogP contribution in [0.4, 0.5) is 4.39 Å². The van der Waals surface area contributed by atoms with Crippen molar-refractivity contribution >= 4 is 58.3 Å². The number of ether oxygens (including phenoxy) is 1. The molecule has 0 fully saturated rings. The van der Waals surface area contributed by atoms with E-state index in [-0.39, 0.29) is 60.4 Å². The Balaban J connectivity index is 1.58. The van der Waals surface area contributed by atoms with E-state index in [0.717, 1.165) is 5.56 Å². The van der Waals surface area contributed by atoms with Gasteiger partial charge >= 0.3 is 0 Å². The van der Waals surface area contributed by atoms with E-state index in [4.69, 9.17) is 39.5 Å². The van der Waals surface area contributed by atoms with E-state index in [1.165, 1.54) is 28.0 Å². The van der Waals surface area contributed by atoms with Gasteiger partial charge < -0.3 is 19.9 Å². The Morgan fingerprint density at radius 2 is 1.51 bits per heavy atom. The molecule has 12 heteroatoms. The van der Waals surface area contributed by atoms with E-state index < -0.39 is 36.0 Å². The molecule has 0 unspecified atom stereocenters. The van der Waals surface area contributed by atoms with Crippen LogP contribution in [0.2, 0.25) is 15.1 Å². The highest BCUT2D eigenvalue weighted by atomic mass is 35.5. The van der Waals surface area contributed by atoms with Crippen molar-refractivity contribution in [3.63, 3.8) is 0 Å². The van der Waals surface area contributed by atoms with E-state index >= 15 is 0 Å². The first-order chi connectivity index (χ1) is 23.5. The molecule has 4 aromatic rings. The predicted octanol–water partition coefficient (Wildman–Crippen LogP) is 6.91. The van der Waals surface area contributed by atoms with E-state index in [0.29, 0.717) is 27.5 Å². The molecular weight excluding hydrogens is 692 g/mol. The fraction of sp³-hybridized carbons (Fsp3) is 0.243. The average Bonchev–Trinajstić information content (AvgIpc) is 3.09. The number of Topliss-reactive ketones (excluding diaryl/α,β-unsaturated/α-hetero) is 1. The van der Waals surface area contributed by atoms with Crippen molar-refractivity contribution in [2.24, 2.45) is 5.92 Å². The third kappa shape index (κ3) is 9.38. The second-order valence-corrected chi connectivity index (χ2v) is 13.0. The van der Waals surface area contributed by atoms with Gasteiger partial charge in [-0.15, -0.1) is 0 Å². The maximum absolute atomic E-state index is 14.6. The summed E-state index contributed by atoms with van der Waals surface area (Å²) in [6, 6.07) is 22.6. The van der Waals surface area contributed by atoms with Crippen molar-refractivity contribution in [2.75, 3.05) is 20.2 Å². The number of methoxy groups -OCH3 is 1. The first-order valence-electron chi connectivity index (χ1n) is 15.5. The van der Waals surface area contributed by atoms with Gasteiger partial charge in [0.2, 0.25) is 17.7 Å². The average molecular weight is 725 g/mol. The number of nitrogens with one attached hydrogen (secondary N) is 1. The molecule has 0 bridgehead atoms. The minimum atomic E-state index is -0.953. The topological polar surface area (TPSA) is 96.0 Å². The molecule has 0 aromatic heterocycles. The normalized spacial score (nSPS) is 16.2. The van der Waals surface area contributed by atoms with Crippen LogP contribution in [0.15, 0.2) is 84.9 Å². The smallest absolute Gasteiger partial charge is 0.242 e. The van der Waals surface area contributed by atoms with Gasteiger partial charge in [0.05, 0.1) is 23.7 Å². The minimum Gasteiger partial charge on any atom is -0.497 e. The number of halogens is 4. The van der Waals surface area contributed by atoms with Gasteiger partial charge in [-0.3, -0.25) is 19.2 Å². The van der Waals surface area contributed by atoms with Crippen LogP contribution < -0.4 is 10.1 Å². The monoisotopic (exact) mass is 723 g/mol. The van der Waals surface area contributed by atoms with Gasteiger partial charge in [-0.1, -0.05) is 77.3 Å². The lowest BCUT2D eigenvalue weighted by Crippen LogP contribution is -2.47. The number of rotatable bonds is 7. The zero-order valence-corrected chi connectivity index (χ0v) is 28.8. The van der Waals surface area contributed by atoms with Gasteiger partial charge in [-0.25, -0.2) is 4.39 Å². The van der Waals surface area contributed by atoms with Gasteiger partial charge in [0.15, 0.2) is 5.78 Å². The van der Waals surface area contributed by atoms with Crippen LogP contribution in [0.1, 0.15) is 39.0 Å². The lowest BCUT2D eigenvalue weighted by Gasteiger charge is -2.31. The Kier molecular flexibility index (Phi) is 11.9. The van der Waals surface area contributed by atoms with Crippen molar-refractivity contribution in [1.82, 2.24) is 15.1 Å². The highest BCUT2D eigenvalue weighted by Gasteiger charge is 2.32. The number of hydrogen-bond donors (Lipinski definition) is 1. The lowest BCUT2D eigenvalue weighted by molar-refractivity contribution is -0.145. The van der Waals surface area contributed by atoms with Gasteiger partial charge in [-0.05, 0) is 71.1 Å². The summed E-state index contributed by atoms with van der Waals surface area (Å²) in [4.78, 5) is 58.4. The van der Waals surface area contributed by atoms with E-state index in [1.807, 2.05) is 0 Å². The summed E-state index contributed by atoms with van der Waals surface area (Å²) in [5.74, 6) is -2.75. The standard InChI is InChI=1S/C37H33Cl3FN3O5/c1-49-29-10-6-23(7-11-29)19-43-21-35(46)42-18-25-4-2-3-5-30(25)34(45)17-26(14-24-8-12-32(39)33(40)15-24)37(48)44(22-36(43)47)20-27-16-28(41)9-13-31(27)38/h2-13,15-16,26H,14,17-22H2,1H3,(H,42,46)/t26-/m1/s1. The zero-order valence-electron chi connectivity index (χ0n) is 26.6. The number of carbonyl (C=O) groups excluding carboxylic acids is 4. The maximum atomic E-state index is 14.6. The molecule has 1 heterocycles. The predicted molar refractivity (Wildman–Crippen MR) is 186 cm³/mol. The lowest BCUT2D eigenvalue weighted by atomic mass is 9.89. The van der Waals surface area contributed by atoms with Crippen LogP contribution in [0.5, 0.6) is 5.75 Å². The first-order valence-corrected chi connectivity index (χ1v) is 16.6. The quantitative estimate of drug-likeness (QED) is 0.224. The second kappa shape index (κ2) is 16.3. The van der Waals surface area contributed by atoms with Crippen LogP contribution in [-0.4, -0.2) is 53.5 Å². The number of carbonyl (C=O) groups is 4. The summed E-state index contributed by atoms with van der Waals surface area (Å²) in [6.45, 7) is -0.928. The number of nitrogens with zero attached hydrogens (tertiary/aromatic N) is 2. The van der Waals surface area contributed by atoms with E-state index in [9.17, 15) is 23.6 Å². The summed E-state index contributed by atoms with van der Waals surface area (Å²) >= 11 is 18.9. The van der Waals surface area contributed by atoms with Crippen molar-refractivity contribution in [1.29, 1.82) is 0 Å². The molecule has 5 rings (SSSR count). The highest BCUT2D eigenvalue weighted by Crippen LogP contribution is 2.28. The van der Waals surface area contributed by atoms with Crippen molar-refractivity contribution < 1.29 is 28.3 Å². The van der Waals surface area contributed by atoms with Crippen molar-refractivity contribution in [3.05, 3.63) is 134 Å². The largest absolute Gasteiger partial charge is 0.497 e. The number of ketones is 1. The summed E-state index contributed by atoms with van der Waals surface area (Å²) < 4.78 is 19.6. The van der Waals surface area contributed by atoms with Gasteiger partial charge in [-0.2, -0.15) is 0 Å². The molecule has 0 spiro atoms. The Morgan fingerprint density at radius 3 is 2.24 bits per heavy atom. The van der Waals surface area contributed by atoms with Crippen LogP contribution >= 0.6 is 34.8 Å². The molecule has 4 aromatic carbocycles. The summed E-state index contributed by atoms with van der Waals surface area (Å²) in [5, 5.41) is 3.65. The number of fused-ring (bicyclic) bond motifs is 1. The minimum absolute atomic E-state index is 0.0426. The van der Waals surface area contributed by atoms with E-state index in [2.05, 4.69) is 5.32 Å². The second-order valence-electron chi connectivity index (χ2n) is 11.7. The van der Waals surface area contributed by atoms with Gasteiger partial charge in [0.25, 0.3) is 0 Å². The zero-order chi connectivity index (χ0) is 35.1. The fourth-order valence-electron chi connectivity index (χ4n) is 5.69. The molecule has 8 nitrogen and oxygen atoms in total. The molecule has 254 valence electrons. The summed E-state index contributed by atoms with van der Waals surface area (Å²) in [6.07, 6.45) is -0.126. The van der Waals surface area contributed by atoms with Gasteiger partial charge in [0, 0.05) is 42.6 Å². The molecule has 0 saturated carbocycles. The molecule has 0 aliphatic carbocycles. The molecule has 1 N–H and O–H groups in total. The summed E-state index contributed by atoms with van der Waals surface area (Å²) in [7, 11) is 1.54. The van der Waals surface area contributed by atoms with Crippen LogP contribution in [-0.2, 0) is 40.4 Å². The third-order valence-electron chi connectivity index (χ3n) is 8.27. The maximum Gasteiger partial charge on any atom is 0.242 e. The van der Waals surface area contributed by atoms with Crippen molar-refractivity contribution in [3.8, 4) is 5.75 Å². The molecular formula is C37H33Cl3FN3O5. The number of amides is 3. The first kappa shape index (κ1) is 35.9. The van der Waals surface area contributed by atoms with E-state index in [1.54, 1.807) is 73.8 Å². The Bertz CT molecular complexity index is 1870. The Hall–Kier alpha value is -4.44. The Labute approximate surface area is 298 Å². The van der Waals surface area contributed by atoms with Crippen molar-refractivity contribution in [2.45, 2.75) is 32.5 Å². The van der Waals surface area contributed by atoms with Crippen LogP contribution in [0, 0.1) is 11.7 Å². The molecule has 1 aliphatic heterocycles. The van der Waals surface area contributed by atoms with Crippen LogP contribution in [0.3, 0.4) is 0 Å². The van der Waals surface area contributed by atoms with Gasteiger partial charge in [0.1, 0.15) is 18.1 Å². The molecule has 3 amide bonds. The number of hydrogen-bond acceptors (Lipinski definition) is 5. The number of benzene rings is 4. The molecule has 0 saturated heterocycles. The highest BCUT2D eigenvalue weighted by molar-refractivity contribution is 6.42. The summed E-state index contributed by atoms with van der Waals surface area (Å²) in [5.41, 5.74) is 2.57. The SMILES string of the molecule is COc1ccc(CN2CC(=O)NCc3ccccc3C(=O)C[C@@H](Cc3ccc(Cl)c(Cl)c3)C(=O)N(Cc3cc(F)ccc3Cl)CC2=O)cc1. The Morgan fingerprint density at radius 1 is 0.796 bits per heavy atom.